The maximum atomic E-state index is 11.5. The van der Waals surface area contributed by atoms with Crippen molar-refractivity contribution in [1.29, 1.82) is 0 Å². The maximum absolute atomic E-state index is 11.5. The molecule has 0 aliphatic heterocycles. The van der Waals surface area contributed by atoms with E-state index in [9.17, 15) is 14.4 Å². The van der Waals surface area contributed by atoms with Gasteiger partial charge in [-0.3, -0.25) is 19.6 Å². The topological polar surface area (TPSA) is 145 Å². The summed E-state index contributed by atoms with van der Waals surface area (Å²) in [6.45, 7) is 0.163. The molecule has 0 aromatic carbocycles. The molecule has 2 aromatic rings. The van der Waals surface area contributed by atoms with Gasteiger partial charge >= 0.3 is 5.69 Å². The van der Waals surface area contributed by atoms with Crippen molar-refractivity contribution in [3.63, 3.8) is 0 Å². The van der Waals surface area contributed by atoms with Crippen molar-refractivity contribution in [1.82, 2.24) is 25.6 Å². The van der Waals surface area contributed by atoms with Gasteiger partial charge in [0.25, 0.3) is 5.56 Å². The number of amides is 1. The molecule has 4 N–H and O–H groups in total. The molecule has 0 fully saturated rings. The highest BCUT2D eigenvalue weighted by atomic mass is 16.2. The maximum Gasteiger partial charge on any atom is 0.342 e. The first kappa shape index (κ1) is 15.1. The van der Waals surface area contributed by atoms with Gasteiger partial charge in [0.15, 0.2) is 0 Å². The summed E-state index contributed by atoms with van der Waals surface area (Å²) in [6.07, 6.45) is 4.77. The number of anilines is 1. The summed E-state index contributed by atoms with van der Waals surface area (Å²) in [5.74, 6) is -0.403. The molecule has 0 aliphatic rings. The van der Waals surface area contributed by atoms with Gasteiger partial charge in [0.05, 0.1) is 6.21 Å². The number of carbonyl (C=O) groups is 1. The van der Waals surface area contributed by atoms with E-state index in [0.717, 1.165) is 5.56 Å². The molecular weight excluding hydrogens is 290 g/mol. The fourth-order valence-corrected chi connectivity index (χ4v) is 1.45. The lowest BCUT2D eigenvalue weighted by Gasteiger charge is -2.02. The van der Waals surface area contributed by atoms with Gasteiger partial charge < -0.3 is 5.32 Å². The third-order valence-corrected chi connectivity index (χ3v) is 2.44. The van der Waals surface area contributed by atoms with Crippen LogP contribution in [0, 0.1) is 0 Å². The molecule has 0 radical (unpaired) electrons. The lowest BCUT2D eigenvalue weighted by molar-refractivity contribution is -0.120. The molecule has 10 nitrogen and oxygen atoms in total. The fourth-order valence-electron chi connectivity index (χ4n) is 1.45. The summed E-state index contributed by atoms with van der Waals surface area (Å²) in [6, 6.07) is 3.54. The number of aromatic amines is 2. The lowest BCUT2D eigenvalue weighted by atomic mass is 10.3. The minimum atomic E-state index is -0.696. The zero-order chi connectivity index (χ0) is 15.8. The minimum absolute atomic E-state index is 0.0636. The molecule has 0 saturated carbocycles. The van der Waals surface area contributed by atoms with Crippen molar-refractivity contribution in [2.75, 3.05) is 11.9 Å². The number of rotatable bonds is 6. The normalized spacial score (nSPS) is 10.5. The Bertz CT molecular complexity index is 766. The average Bonchev–Trinajstić information content (AvgIpc) is 2.50. The zero-order valence-electron chi connectivity index (χ0n) is 11.4. The van der Waals surface area contributed by atoms with Crippen molar-refractivity contribution >= 4 is 17.9 Å². The van der Waals surface area contributed by atoms with Crippen LogP contribution in [0.15, 0.2) is 39.2 Å². The molecule has 2 rings (SSSR count). The molecular formula is C12H13N7O3. The Morgan fingerprint density at radius 1 is 1.41 bits per heavy atom. The number of pyridine rings is 1. The first-order chi connectivity index (χ1) is 10.6. The predicted octanol–water partition coefficient (Wildman–Crippen LogP) is -1.19. The van der Waals surface area contributed by atoms with E-state index in [1.165, 1.54) is 6.21 Å². The summed E-state index contributed by atoms with van der Waals surface area (Å²) in [7, 11) is 0. The Labute approximate surface area is 123 Å². The van der Waals surface area contributed by atoms with E-state index in [4.69, 9.17) is 0 Å². The van der Waals surface area contributed by atoms with Crippen LogP contribution in [0.4, 0.5) is 5.82 Å². The minimum Gasteiger partial charge on any atom is -0.364 e. The zero-order valence-corrected chi connectivity index (χ0v) is 11.4. The molecule has 10 heteroatoms. The van der Waals surface area contributed by atoms with Gasteiger partial charge in [-0.25, -0.2) is 15.3 Å². The molecule has 22 heavy (non-hydrogen) atoms. The summed E-state index contributed by atoms with van der Waals surface area (Å²) < 4.78 is 0. The largest absolute Gasteiger partial charge is 0.364 e. The number of hydrogen-bond donors (Lipinski definition) is 4. The molecule has 114 valence electrons. The second kappa shape index (κ2) is 7.47. The first-order valence-electron chi connectivity index (χ1n) is 6.30. The van der Waals surface area contributed by atoms with Gasteiger partial charge in [-0.05, 0) is 6.07 Å². The lowest BCUT2D eigenvalue weighted by Crippen LogP contribution is -2.28. The van der Waals surface area contributed by atoms with Crippen molar-refractivity contribution in [3.05, 3.63) is 50.9 Å². The van der Waals surface area contributed by atoms with Crippen molar-refractivity contribution in [2.24, 2.45) is 5.10 Å². The van der Waals surface area contributed by atoms with Crippen LogP contribution in [0.25, 0.3) is 0 Å². The molecule has 0 bridgehead atoms. The number of H-pyrrole nitrogens is 2. The van der Waals surface area contributed by atoms with Crippen molar-refractivity contribution in [3.8, 4) is 0 Å². The van der Waals surface area contributed by atoms with Crippen LogP contribution in [0.5, 0.6) is 0 Å². The fraction of sp³-hybridized carbons (Fsp3) is 0.167. The van der Waals surface area contributed by atoms with Gasteiger partial charge in [0.2, 0.25) is 11.7 Å². The van der Waals surface area contributed by atoms with Gasteiger partial charge in [-0.2, -0.15) is 5.10 Å². The Morgan fingerprint density at radius 3 is 3.00 bits per heavy atom. The van der Waals surface area contributed by atoms with Gasteiger partial charge in [0.1, 0.15) is 0 Å². The van der Waals surface area contributed by atoms with E-state index in [2.05, 4.69) is 31.0 Å². The highest BCUT2D eigenvalue weighted by molar-refractivity contribution is 5.82. The van der Waals surface area contributed by atoms with Crippen LogP contribution in [0.2, 0.25) is 0 Å². The second-order valence-electron chi connectivity index (χ2n) is 4.11. The Kier molecular flexibility index (Phi) is 5.13. The van der Waals surface area contributed by atoms with Crippen LogP contribution < -0.4 is 22.0 Å². The van der Waals surface area contributed by atoms with E-state index in [1.807, 2.05) is 4.98 Å². The number of nitrogens with one attached hydrogen (secondary N) is 4. The number of carbonyl (C=O) groups excluding carboxylic acids is 1. The van der Waals surface area contributed by atoms with Gasteiger partial charge in [-0.1, -0.05) is 6.07 Å². The van der Waals surface area contributed by atoms with Crippen LogP contribution in [-0.4, -0.2) is 38.8 Å². The highest BCUT2D eigenvalue weighted by Crippen LogP contribution is 1.91. The second-order valence-corrected chi connectivity index (χ2v) is 4.11. The molecule has 0 unspecified atom stereocenters. The smallest absolute Gasteiger partial charge is 0.342 e. The quantitative estimate of drug-likeness (QED) is 0.390. The van der Waals surface area contributed by atoms with Crippen LogP contribution >= 0.6 is 0 Å². The Balaban J connectivity index is 1.75. The molecule has 0 saturated heterocycles. The van der Waals surface area contributed by atoms with Crippen molar-refractivity contribution in [2.45, 2.75) is 6.42 Å². The molecule has 2 aromatic heterocycles. The van der Waals surface area contributed by atoms with Gasteiger partial charge in [0, 0.05) is 30.9 Å². The molecule has 0 atom stereocenters. The van der Waals surface area contributed by atoms with Crippen LogP contribution in [0.1, 0.15) is 12.0 Å². The third-order valence-electron chi connectivity index (χ3n) is 2.44. The van der Waals surface area contributed by atoms with Gasteiger partial charge in [-0.15, -0.1) is 5.10 Å². The predicted molar refractivity (Wildman–Crippen MR) is 78.6 cm³/mol. The average molecular weight is 303 g/mol. The number of hydrazone groups is 1. The third kappa shape index (κ3) is 4.67. The Morgan fingerprint density at radius 2 is 2.27 bits per heavy atom. The van der Waals surface area contributed by atoms with E-state index < -0.39 is 11.2 Å². The van der Waals surface area contributed by atoms with Crippen LogP contribution in [0.3, 0.4) is 0 Å². The first-order valence-corrected chi connectivity index (χ1v) is 6.30. The van der Waals surface area contributed by atoms with Crippen molar-refractivity contribution < 1.29 is 4.79 Å². The SMILES string of the molecule is O=C(CCNc1n[nH]c(=O)[nH]c1=O)N/N=C/c1cccnc1. The Hall–Kier alpha value is -3.30. The number of aromatic nitrogens is 4. The van der Waals surface area contributed by atoms with E-state index in [1.54, 1.807) is 24.5 Å². The molecule has 2 heterocycles. The van der Waals surface area contributed by atoms with E-state index in [0.29, 0.717) is 0 Å². The summed E-state index contributed by atoms with van der Waals surface area (Å²) in [5.41, 5.74) is 1.74. The van der Waals surface area contributed by atoms with Crippen LogP contribution in [-0.2, 0) is 4.79 Å². The highest BCUT2D eigenvalue weighted by Gasteiger charge is 2.03. The summed E-state index contributed by atoms with van der Waals surface area (Å²) in [5, 5.41) is 12.0. The van der Waals surface area contributed by atoms with E-state index in [-0.39, 0.29) is 24.7 Å². The number of nitrogens with zero attached hydrogens (tertiary/aromatic N) is 3. The van der Waals surface area contributed by atoms with E-state index >= 15 is 0 Å². The molecule has 0 spiro atoms. The standard InChI is InChI=1S/C12H13N7O3/c20-9(17-15-7-8-2-1-4-13-6-8)3-5-14-10-11(21)16-12(22)19-18-10/h1-2,4,6-7H,3,5H2,(H,14,18)(H,17,20)(H2,16,19,21,22)/b15-7+. The number of hydrogen-bond acceptors (Lipinski definition) is 7. The molecule has 1 amide bonds. The monoisotopic (exact) mass is 303 g/mol. The summed E-state index contributed by atoms with van der Waals surface area (Å²) in [4.78, 5) is 39.5. The summed E-state index contributed by atoms with van der Waals surface area (Å²) >= 11 is 0. The molecule has 0 aliphatic carbocycles.